The van der Waals surface area contributed by atoms with Gasteiger partial charge in [0.25, 0.3) is 0 Å². The van der Waals surface area contributed by atoms with E-state index < -0.39 is 18.1 Å². The van der Waals surface area contributed by atoms with Crippen LogP contribution in [0.4, 0.5) is 10.5 Å². The van der Waals surface area contributed by atoms with Gasteiger partial charge in [-0.2, -0.15) is 0 Å². The SMILES string of the molecule is COC(=O)c1ccncc1NC[C@@H]1c2ccc(-c3ccccc3C)cc2CCN1C(=O)O. The van der Waals surface area contributed by atoms with Crippen molar-refractivity contribution >= 4 is 17.7 Å². The summed E-state index contributed by atoms with van der Waals surface area (Å²) >= 11 is 0. The van der Waals surface area contributed by atoms with E-state index in [4.69, 9.17) is 4.74 Å². The molecule has 4 rings (SSSR count). The predicted octanol–water partition coefficient (Wildman–Crippen LogP) is 4.53. The first kappa shape index (κ1) is 21.4. The Morgan fingerprint density at radius 3 is 2.78 bits per heavy atom. The molecule has 32 heavy (non-hydrogen) atoms. The molecule has 1 aliphatic rings. The van der Waals surface area contributed by atoms with Crippen molar-refractivity contribution in [2.24, 2.45) is 0 Å². The van der Waals surface area contributed by atoms with Crippen molar-refractivity contribution < 1.29 is 19.4 Å². The van der Waals surface area contributed by atoms with Crippen LogP contribution in [0.5, 0.6) is 0 Å². The van der Waals surface area contributed by atoms with Crippen molar-refractivity contribution in [3.05, 3.63) is 83.2 Å². The van der Waals surface area contributed by atoms with E-state index in [9.17, 15) is 14.7 Å². The number of methoxy groups -OCH3 is 1. The number of amides is 1. The molecule has 7 heteroatoms. The van der Waals surface area contributed by atoms with Gasteiger partial charge in [-0.15, -0.1) is 0 Å². The van der Waals surface area contributed by atoms with E-state index in [0.717, 1.165) is 16.7 Å². The van der Waals surface area contributed by atoms with Gasteiger partial charge in [-0.1, -0.05) is 42.5 Å². The number of aryl methyl sites for hydroxylation is 1. The highest BCUT2D eigenvalue weighted by atomic mass is 16.5. The fourth-order valence-electron chi connectivity index (χ4n) is 4.26. The quantitative estimate of drug-likeness (QED) is 0.577. The molecule has 0 unspecified atom stereocenters. The minimum atomic E-state index is -0.968. The van der Waals surface area contributed by atoms with E-state index in [0.29, 0.717) is 30.8 Å². The fraction of sp³-hybridized carbons (Fsp3) is 0.240. The summed E-state index contributed by atoms with van der Waals surface area (Å²) in [6.45, 7) is 2.79. The number of rotatable bonds is 5. The number of anilines is 1. The topological polar surface area (TPSA) is 91.8 Å². The number of esters is 1. The van der Waals surface area contributed by atoms with Crippen LogP contribution >= 0.6 is 0 Å². The Morgan fingerprint density at radius 1 is 1.22 bits per heavy atom. The maximum absolute atomic E-state index is 12.1. The van der Waals surface area contributed by atoms with Gasteiger partial charge in [-0.3, -0.25) is 9.88 Å². The number of fused-ring (bicyclic) bond motifs is 1. The maximum Gasteiger partial charge on any atom is 0.407 e. The Kier molecular flexibility index (Phi) is 6.07. The predicted molar refractivity (Wildman–Crippen MR) is 122 cm³/mol. The van der Waals surface area contributed by atoms with E-state index in [-0.39, 0.29) is 0 Å². The van der Waals surface area contributed by atoms with E-state index >= 15 is 0 Å². The van der Waals surface area contributed by atoms with E-state index in [1.807, 2.05) is 24.3 Å². The lowest BCUT2D eigenvalue weighted by Gasteiger charge is -2.36. The van der Waals surface area contributed by atoms with Crippen molar-refractivity contribution in [2.75, 3.05) is 25.5 Å². The van der Waals surface area contributed by atoms with Gasteiger partial charge in [0.2, 0.25) is 0 Å². The summed E-state index contributed by atoms with van der Waals surface area (Å²) in [5.41, 5.74) is 6.45. The largest absolute Gasteiger partial charge is 0.465 e. The van der Waals surface area contributed by atoms with Crippen LogP contribution < -0.4 is 5.32 Å². The number of nitrogens with one attached hydrogen (secondary N) is 1. The molecule has 2 heterocycles. The summed E-state index contributed by atoms with van der Waals surface area (Å²) in [5, 5.41) is 13.0. The molecule has 1 atom stereocenters. The number of carbonyl (C=O) groups is 2. The maximum atomic E-state index is 12.1. The van der Waals surface area contributed by atoms with Crippen LogP contribution in [0.15, 0.2) is 60.9 Å². The Hall–Kier alpha value is -3.87. The number of aromatic nitrogens is 1. The molecule has 1 amide bonds. The lowest BCUT2D eigenvalue weighted by Crippen LogP contribution is -2.42. The van der Waals surface area contributed by atoms with Gasteiger partial charge in [0.1, 0.15) is 0 Å². The van der Waals surface area contributed by atoms with E-state index in [2.05, 4.69) is 35.4 Å². The van der Waals surface area contributed by atoms with Crippen molar-refractivity contribution in [3.8, 4) is 11.1 Å². The third-order valence-electron chi connectivity index (χ3n) is 5.91. The number of ether oxygens (including phenoxy) is 1. The zero-order valence-corrected chi connectivity index (χ0v) is 18.0. The Labute approximate surface area is 186 Å². The second kappa shape index (κ2) is 9.09. The van der Waals surface area contributed by atoms with Crippen molar-refractivity contribution in [3.63, 3.8) is 0 Å². The Morgan fingerprint density at radius 2 is 2.03 bits per heavy atom. The van der Waals surface area contributed by atoms with Gasteiger partial charge < -0.3 is 15.2 Å². The molecular weight excluding hydrogens is 406 g/mol. The van der Waals surface area contributed by atoms with Gasteiger partial charge in [-0.05, 0) is 47.2 Å². The van der Waals surface area contributed by atoms with Gasteiger partial charge in [-0.25, -0.2) is 9.59 Å². The third-order valence-corrected chi connectivity index (χ3v) is 5.91. The average Bonchev–Trinajstić information content (AvgIpc) is 2.82. The number of pyridine rings is 1. The minimum absolute atomic E-state index is 0.304. The van der Waals surface area contributed by atoms with Gasteiger partial charge in [0.05, 0.1) is 30.6 Å². The number of carboxylic acid groups (broad SMARTS) is 1. The molecular formula is C25H25N3O4. The number of benzene rings is 2. The first-order valence-corrected chi connectivity index (χ1v) is 10.4. The molecule has 0 radical (unpaired) electrons. The molecule has 0 spiro atoms. The third kappa shape index (κ3) is 4.14. The molecule has 1 aromatic heterocycles. The average molecular weight is 431 g/mol. The van der Waals surface area contributed by atoms with E-state index in [1.54, 1.807) is 12.3 Å². The lowest BCUT2D eigenvalue weighted by molar-refractivity contribution is 0.0601. The molecule has 0 saturated heterocycles. The standard InChI is InChI=1S/C25H25N3O4/c1-16-5-3-4-6-19(16)17-7-8-20-18(13-17)10-12-28(25(30)31)23(20)15-27-22-14-26-11-9-21(22)24(29)32-2/h3-9,11,13-14,23,27H,10,12,15H2,1-2H3,(H,30,31)/t23-/m1/s1. The number of carbonyl (C=O) groups excluding carboxylic acids is 1. The molecule has 0 fully saturated rings. The summed E-state index contributed by atoms with van der Waals surface area (Å²) < 4.78 is 4.84. The second-order valence-electron chi connectivity index (χ2n) is 7.76. The molecule has 0 saturated carbocycles. The van der Waals surface area contributed by atoms with Crippen molar-refractivity contribution in [1.29, 1.82) is 0 Å². The zero-order chi connectivity index (χ0) is 22.7. The molecule has 2 N–H and O–H groups in total. The Bertz CT molecular complexity index is 1160. The van der Waals surface area contributed by atoms with Crippen LogP contribution in [0, 0.1) is 6.92 Å². The van der Waals surface area contributed by atoms with Crippen LogP contribution in [0.2, 0.25) is 0 Å². The highest BCUT2D eigenvalue weighted by Gasteiger charge is 2.31. The molecule has 7 nitrogen and oxygen atoms in total. The lowest BCUT2D eigenvalue weighted by atomic mass is 9.89. The summed E-state index contributed by atoms with van der Waals surface area (Å²) in [6.07, 6.45) is 2.75. The van der Waals surface area contributed by atoms with Crippen LogP contribution in [0.1, 0.15) is 33.1 Å². The van der Waals surface area contributed by atoms with Crippen molar-refractivity contribution in [1.82, 2.24) is 9.88 Å². The van der Waals surface area contributed by atoms with Gasteiger partial charge in [0, 0.05) is 19.3 Å². The highest BCUT2D eigenvalue weighted by Crippen LogP contribution is 2.34. The number of hydrogen-bond acceptors (Lipinski definition) is 5. The molecule has 2 aromatic carbocycles. The summed E-state index contributed by atoms with van der Waals surface area (Å²) in [5.74, 6) is -0.475. The first-order valence-electron chi connectivity index (χ1n) is 10.4. The smallest absolute Gasteiger partial charge is 0.407 e. The number of nitrogens with zero attached hydrogens (tertiary/aromatic N) is 2. The van der Waals surface area contributed by atoms with Crippen LogP contribution in [-0.4, -0.2) is 47.3 Å². The molecule has 3 aromatic rings. The van der Waals surface area contributed by atoms with Gasteiger partial charge >= 0.3 is 12.1 Å². The summed E-state index contributed by atoms with van der Waals surface area (Å²) in [7, 11) is 1.32. The second-order valence-corrected chi connectivity index (χ2v) is 7.76. The molecule has 164 valence electrons. The molecule has 1 aliphatic heterocycles. The summed E-state index contributed by atoms with van der Waals surface area (Å²) in [4.78, 5) is 29.5. The number of hydrogen-bond donors (Lipinski definition) is 2. The first-order chi connectivity index (χ1) is 15.5. The highest BCUT2D eigenvalue weighted by molar-refractivity contribution is 5.95. The molecule has 0 bridgehead atoms. The van der Waals surface area contributed by atoms with Crippen LogP contribution in [-0.2, 0) is 11.2 Å². The fourth-order valence-corrected chi connectivity index (χ4v) is 4.26. The Balaban J connectivity index is 1.65. The normalized spacial score (nSPS) is 15.1. The van der Waals surface area contributed by atoms with Crippen LogP contribution in [0.25, 0.3) is 11.1 Å². The van der Waals surface area contributed by atoms with Crippen LogP contribution in [0.3, 0.4) is 0 Å². The van der Waals surface area contributed by atoms with Crippen molar-refractivity contribution in [2.45, 2.75) is 19.4 Å². The zero-order valence-electron chi connectivity index (χ0n) is 18.0. The van der Waals surface area contributed by atoms with E-state index in [1.165, 1.54) is 29.3 Å². The van der Waals surface area contributed by atoms with Gasteiger partial charge in [0.15, 0.2) is 0 Å². The molecule has 0 aliphatic carbocycles. The summed E-state index contributed by atoms with van der Waals surface area (Å²) in [6, 6.07) is 15.6. The monoisotopic (exact) mass is 431 g/mol. The minimum Gasteiger partial charge on any atom is -0.465 e.